The standard InChI is InChI=1S/C51H36N4OS/c1-32-41-23-12-13-24-46(41)57-48(32)47(34-15-6-3-7-16-34)52-33(2)37-21-14-22-38(29-37)39-25-27-42-43-30-40(26-28-44(43)56-45(42)31-39)51-54-49(35-17-8-4-9-18-35)53-50(55-51)36-19-10-5-11-20-36/h3-31,33H,1-2H3/b52-47-. The summed E-state index contributed by atoms with van der Waals surface area (Å²) in [6.07, 6.45) is 0. The van der Waals surface area contributed by atoms with Crippen LogP contribution in [0.3, 0.4) is 0 Å². The van der Waals surface area contributed by atoms with E-state index >= 15 is 0 Å². The smallest absolute Gasteiger partial charge is 0.164 e. The maximum atomic E-state index is 6.48. The second-order valence-electron chi connectivity index (χ2n) is 14.3. The van der Waals surface area contributed by atoms with E-state index in [1.54, 1.807) is 0 Å². The van der Waals surface area contributed by atoms with E-state index in [1.807, 2.05) is 84.1 Å². The molecule has 0 amide bonds. The van der Waals surface area contributed by atoms with Crippen molar-refractivity contribution in [2.24, 2.45) is 4.99 Å². The highest BCUT2D eigenvalue weighted by molar-refractivity contribution is 7.21. The lowest BCUT2D eigenvalue weighted by Crippen LogP contribution is -2.05. The van der Waals surface area contributed by atoms with Crippen molar-refractivity contribution in [2.75, 3.05) is 0 Å². The number of benzene rings is 7. The molecule has 0 bridgehead atoms. The molecule has 0 aliphatic heterocycles. The molecular weight excluding hydrogens is 717 g/mol. The van der Waals surface area contributed by atoms with Gasteiger partial charge in [0.25, 0.3) is 0 Å². The molecule has 6 heteroatoms. The van der Waals surface area contributed by atoms with Gasteiger partial charge in [0.05, 0.1) is 16.6 Å². The van der Waals surface area contributed by atoms with Gasteiger partial charge in [-0.15, -0.1) is 11.3 Å². The minimum atomic E-state index is -0.0710. The summed E-state index contributed by atoms with van der Waals surface area (Å²) in [6.45, 7) is 4.40. The van der Waals surface area contributed by atoms with E-state index < -0.39 is 0 Å². The largest absolute Gasteiger partial charge is 0.456 e. The zero-order valence-electron chi connectivity index (χ0n) is 31.4. The van der Waals surface area contributed by atoms with Gasteiger partial charge in [-0.05, 0) is 84.0 Å². The Kier molecular flexibility index (Phi) is 8.81. The van der Waals surface area contributed by atoms with Crippen LogP contribution in [-0.4, -0.2) is 20.7 Å². The van der Waals surface area contributed by atoms with Crippen LogP contribution in [0.1, 0.15) is 34.5 Å². The Hall–Kier alpha value is -7.02. The average molecular weight is 753 g/mol. The second kappa shape index (κ2) is 14.6. The number of hydrogen-bond donors (Lipinski definition) is 0. The molecule has 0 aliphatic carbocycles. The molecule has 0 aliphatic rings. The average Bonchev–Trinajstić information content (AvgIpc) is 3.82. The van der Waals surface area contributed by atoms with E-state index in [4.69, 9.17) is 24.4 Å². The number of rotatable bonds is 8. The van der Waals surface area contributed by atoms with Gasteiger partial charge < -0.3 is 4.42 Å². The SMILES string of the molecule is Cc1c(/C(=N\C(C)c2cccc(-c3ccc4c(c3)oc3ccc(-c5nc(-c6ccccc6)nc(-c6ccccc6)n5)cc34)c2)c2ccccc2)sc2ccccc12. The molecule has 0 spiro atoms. The van der Waals surface area contributed by atoms with Crippen molar-refractivity contribution >= 4 is 49.1 Å². The minimum absolute atomic E-state index is 0.0710. The number of aliphatic imine (C=N–C) groups is 1. The fraction of sp³-hybridized carbons (Fsp3) is 0.0588. The lowest BCUT2D eigenvalue weighted by atomic mass is 9.98. The fourth-order valence-corrected chi connectivity index (χ4v) is 8.77. The van der Waals surface area contributed by atoms with Crippen LogP contribution in [0.15, 0.2) is 185 Å². The van der Waals surface area contributed by atoms with Crippen LogP contribution in [0, 0.1) is 6.92 Å². The van der Waals surface area contributed by atoms with Crippen molar-refractivity contribution < 1.29 is 4.42 Å². The van der Waals surface area contributed by atoms with Crippen molar-refractivity contribution in [1.82, 2.24) is 15.0 Å². The van der Waals surface area contributed by atoms with E-state index in [1.165, 1.54) is 20.5 Å². The summed E-state index contributed by atoms with van der Waals surface area (Å²) < 4.78 is 7.76. The summed E-state index contributed by atoms with van der Waals surface area (Å²) in [5.41, 5.74) is 11.2. The molecular formula is C51H36N4OS. The minimum Gasteiger partial charge on any atom is -0.456 e. The van der Waals surface area contributed by atoms with Gasteiger partial charge in [0, 0.05) is 37.7 Å². The van der Waals surface area contributed by atoms with Gasteiger partial charge in [-0.3, -0.25) is 4.99 Å². The lowest BCUT2D eigenvalue weighted by molar-refractivity contribution is 0.669. The Balaban J connectivity index is 1.00. The Morgan fingerprint density at radius 1 is 0.509 bits per heavy atom. The molecule has 5 nitrogen and oxygen atoms in total. The number of aryl methyl sites for hydroxylation is 1. The Morgan fingerprint density at radius 2 is 1.11 bits per heavy atom. The molecule has 1 atom stereocenters. The molecule has 272 valence electrons. The van der Waals surface area contributed by atoms with Crippen LogP contribution in [0.5, 0.6) is 0 Å². The number of thiophene rings is 1. The van der Waals surface area contributed by atoms with E-state index in [-0.39, 0.29) is 6.04 Å². The molecule has 3 aromatic heterocycles. The van der Waals surface area contributed by atoms with Crippen LogP contribution < -0.4 is 0 Å². The first kappa shape index (κ1) is 34.5. The number of fused-ring (bicyclic) bond motifs is 4. The third-order valence-electron chi connectivity index (χ3n) is 10.6. The van der Waals surface area contributed by atoms with E-state index in [2.05, 4.69) is 117 Å². The second-order valence-corrected chi connectivity index (χ2v) is 15.3. The van der Waals surface area contributed by atoms with E-state index in [0.717, 1.165) is 66.6 Å². The van der Waals surface area contributed by atoms with Crippen molar-refractivity contribution in [1.29, 1.82) is 0 Å². The van der Waals surface area contributed by atoms with Crippen LogP contribution in [-0.2, 0) is 0 Å². The zero-order valence-corrected chi connectivity index (χ0v) is 32.2. The number of hydrogen-bond acceptors (Lipinski definition) is 6. The zero-order chi connectivity index (χ0) is 38.3. The van der Waals surface area contributed by atoms with Crippen LogP contribution >= 0.6 is 11.3 Å². The summed E-state index contributed by atoms with van der Waals surface area (Å²) in [4.78, 5) is 21.4. The monoisotopic (exact) mass is 752 g/mol. The third kappa shape index (κ3) is 6.60. The summed E-state index contributed by atoms with van der Waals surface area (Å²) in [5, 5.41) is 3.34. The summed E-state index contributed by atoms with van der Waals surface area (Å²) >= 11 is 1.81. The normalized spacial score (nSPS) is 12.4. The van der Waals surface area contributed by atoms with Gasteiger partial charge in [0.1, 0.15) is 11.2 Å². The molecule has 7 aromatic carbocycles. The first-order valence-corrected chi connectivity index (χ1v) is 19.9. The van der Waals surface area contributed by atoms with Crippen molar-refractivity contribution in [2.45, 2.75) is 19.9 Å². The molecule has 3 heterocycles. The van der Waals surface area contributed by atoms with Gasteiger partial charge in [-0.25, -0.2) is 15.0 Å². The van der Waals surface area contributed by atoms with Gasteiger partial charge in [-0.2, -0.15) is 0 Å². The Bertz CT molecular complexity index is 3040. The lowest BCUT2D eigenvalue weighted by Gasteiger charge is -2.14. The van der Waals surface area contributed by atoms with E-state index in [9.17, 15) is 0 Å². The molecule has 1 unspecified atom stereocenters. The van der Waals surface area contributed by atoms with E-state index in [0.29, 0.717) is 17.5 Å². The van der Waals surface area contributed by atoms with Crippen molar-refractivity contribution in [3.63, 3.8) is 0 Å². The van der Waals surface area contributed by atoms with Gasteiger partial charge in [-0.1, -0.05) is 133 Å². The predicted octanol–water partition coefficient (Wildman–Crippen LogP) is 13.6. The highest BCUT2D eigenvalue weighted by Crippen LogP contribution is 2.37. The summed E-state index contributed by atoms with van der Waals surface area (Å²) in [5.74, 6) is 1.88. The Labute approximate surface area is 334 Å². The van der Waals surface area contributed by atoms with Gasteiger partial charge in [0.2, 0.25) is 0 Å². The van der Waals surface area contributed by atoms with Crippen molar-refractivity contribution in [3.8, 4) is 45.3 Å². The molecule has 10 rings (SSSR count). The quantitative estimate of drug-likeness (QED) is 0.145. The molecule has 10 aromatic rings. The highest BCUT2D eigenvalue weighted by Gasteiger charge is 2.19. The number of aromatic nitrogens is 3. The molecule has 0 radical (unpaired) electrons. The summed E-state index contributed by atoms with van der Waals surface area (Å²) in [7, 11) is 0. The molecule has 0 N–H and O–H groups in total. The Morgan fingerprint density at radius 3 is 1.81 bits per heavy atom. The molecule has 57 heavy (non-hydrogen) atoms. The number of furan rings is 1. The molecule has 0 saturated carbocycles. The fourth-order valence-electron chi connectivity index (χ4n) is 7.54. The molecule has 0 fully saturated rings. The van der Waals surface area contributed by atoms with Crippen molar-refractivity contribution in [3.05, 3.63) is 197 Å². The molecule has 0 saturated heterocycles. The highest BCUT2D eigenvalue weighted by atomic mass is 32.1. The third-order valence-corrected chi connectivity index (χ3v) is 11.8. The maximum Gasteiger partial charge on any atom is 0.164 e. The first-order chi connectivity index (χ1) is 28.1. The predicted molar refractivity (Wildman–Crippen MR) is 236 cm³/mol. The van der Waals surface area contributed by atoms with Gasteiger partial charge >= 0.3 is 0 Å². The number of nitrogens with zero attached hydrogens (tertiary/aromatic N) is 4. The maximum absolute atomic E-state index is 6.48. The van der Waals surface area contributed by atoms with Crippen LogP contribution in [0.4, 0.5) is 0 Å². The van der Waals surface area contributed by atoms with Crippen LogP contribution in [0.25, 0.3) is 77.3 Å². The van der Waals surface area contributed by atoms with Crippen LogP contribution in [0.2, 0.25) is 0 Å². The van der Waals surface area contributed by atoms with Gasteiger partial charge in [0.15, 0.2) is 17.5 Å². The first-order valence-electron chi connectivity index (χ1n) is 19.1. The topological polar surface area (TPSA) is 64.2 Å². The summed E-state index contributed by atoms with van der Waals surface area (Å²) in [6, 6.07) is 60.5.